The van der Waals surface area contributed by atoms with Crippen LogP contribution in [0.15, 0.2) is 24.3 Å². The molecule has 1 amide bonds. The van der Waals surface area contributed by atoms with Crippen LogP contribution < -0.4 is 5.32 Å². The van der Waals surface area contributed by atoms with E-state index in [0.717, 1.165) is 0 Å². The van der Waals surface area contributed by atoms with E-state index in [-0.39, 0.29) is 17.9 Å². The van der Waals surface area contributed by atoms with Crippen LogP contribution in [0, 0.1) is 23.1 Å². The lowest BCUT2D eigenvalue weighted by atomic mass is 9.90. The van der Waals surface area contributed by atoms with Crippen molar-refractivity contribution >= 4 is 11.9 Å². The van der Waals surface area contributed by atoms with Gasteiger partial charge < -0.3 is 10.1 Å². The topological polar surface area (TPSA) is 79.2 Å². The lowest BCUT2D eigenvalue weighted by Crippen LogP contribution is -2.50. The molecule has 1 aromatic rings. The Bertz CT molecular complexity index is 595. The average Bonchev–Trinajstić information content (AvgIpc) is 2.47. The van der Waals surface area contributed by atoms with E-state index in [1.807, 2.05) is 6.07 Å². The highest BCUT2D eigenvalue weighted by molar-refractivity contribution is 5.82. The van der Waals surface area contributed by atoms with Gasteiger partial charge in [0.15, 0.2) is 6.61 Å². The van der Waals surface area contributed by atoms with E-state index in [1.165, 1.54) is 18.2 Å². The summed E-state index contributed by atoms with van der Waals surface area (Å²) in [6.07, 6.45) is -0.250. The third kappa shape index (κ3) is 4.85. The number of hydrogen-bond donors (Lipinski definition) is 1. The lowest BCUT2D eigenvalue weighted by Gasteiger charge is -2.27. The quantitative estimate of drug-likeness (QED) is 0.815. The van der Waals surface area contributed by atoms with E-state index in [1.54, 1.807) is 26.8 Å². The largest absolute Gasteiger partial charge is 0.455 e. The van der Waals surface area contributed by atoms with Crippen molar-refractivity contribution < 1.29 is 18.7 Å². The molecule has 22 heavy (non-hydrogen) atoms. The summed E-state index contributed by atoms with van der Waals surface area (Å²) >= 11 is 0. The van der Waals surface area contributed by atoms with E-state index < -0.39 is 29.8 Å². The molecule has 118 valence electrons. The Morgan fingerprint density at radius 3 is 2.59 bits per heavy atom. The van der Waals surface area contributed by atoms with E-state index in [2.05, 4.69) is 5.32 Å². The fourth-order valence-electron chi connectivity index (χ4n) is 1.62. The molecule has 5 nitrogen and oxygen atoms in total. The molecule has 6 heteroatoms. The maximum Gasteiger partial charge on any atom is 0.310 e. The lowest BCUT2D eigenvalue weighted by molar-refractivity contribution is -0.148. The van der Waals surface area contributed by atoms with Crippen molar-refractivity contribution in [3.05, 3.63) is 35.6 Å². The summed E-state index contributed by atoms with van der Waals surface area (Å²) in [6, 6.07) is 7.87. The van der Waals surface area contributed by atoms with Gasteiger partial charge in [-0.1, -0.05) is 32.0 Å². The number of halogens is 1. The second-order valence-electron chi connectivity index (χ2n) is 5.45. The Balaban J connectivity index is 2.50. The van der Waals surface area contributed by atoms with Crippen LogP contribution in [-0.2, 0) is 20.7 Å². The highest BCUT2D eigenvalue weighted by Crippen LogP contribution is 2.14. The number of amides is 1. The van der Waals surface area contributed by atoms with E-state index in [4.69, 9.17) is 10.00 Å². The SMILES string of the molecule is CC(C)[C@@](C)(C#N)NC(=O)COC(=O)Cc1ccccc1F. The first-order valence-electron chi connectivity index (χ1n) is 6.90. The van der Waals surface area contributed by atoms with Crippen molar-refractivity contribution in [3.8, 4) is 6.07 Å². The van der Waals surface area contributed by atoms with Gasteiger partial charge in [0.05, 0.1) is 12.5 Å². The molecule has 0 bridgehead atoms. The van der Waals surface area contributed by atoms with Crippen molar-refractivity contribution in [2.75, 3.05) is 6.61 Å². The Hall–Kier alpha value is -2.42. The Morgan fingerprint density at radius 2 is 2.05 bits per heavy atom. The van der Waals surface area contributed by atoms with Crippen LogP contribution in [0.3, 0.4) is 0 Å². The first-order valence-corrected chi connectivity index (χ1v) is 6.90. The van der Waals surface area contributed by atoms with Crippen molar-refractivity contribution in [1.82, 2.24) is 5.32 Å². The molecule has 0 fully saturated rings. The molecule has 0 spiro atoms. The Kier molecular flexibility index (Phi) is 6.05. The van der Waals surface area contributed by atoms with Crippen molar-refractivity contribution in [1.29, 1.82) is 5.26 Å². The predicted molar refractivity (Wildman–Crippen MR) is 78.1 cm³/mol. The smallest absolute Gasteiger partial charge is 0.310 e. The Morgan fingerprint density at radius 1 is 1.41 bits per heavy atom. The highest BCUT2D eigenvalue weighted by atomic mass is 19.1. The van der Waals surface area contributed by atoms with Gasteiger partial charge in [-0.3, -0.25) is 9.59 Å². The molecule has 1 atom stereocenters. The molecule has 1 N–H and O–H groups in total. The molecular formula is C16H19FN2O3. The molecule has 1 rings (SSSR count). The minimum Gasteiger partial charge on any atom is -0.455 e. The van der Waals surface area contributed by atoms with Gasteiger partial charge >= 0.3 is 5.97 Å². The second kappa shape index (κ2) is 7.55. The maximum absolute atomic E-state index is 13.4. The maximum atomic E-state index is 13.4. The van der Waals surface area contributed by atoms with Crippen molar-refractivity contribution in [2.24, 2.45) is 5.92 Å². The van der Waals surface area contributed by atoms with Gasteiger partial charge in [-0.05, 0) is 24.5 Å². The fraction of sp³-hybridized carbons (Fsp3) is 0.438. The van der Waals surface area contributed by atoms with Crippen LogP contribution in [0.2, 0.25) is 0 Å². The first kappa shape index (κ1) is 17.6. The van der Waals surface area contributed by atoms with Crippen LogP contribution in [0.4, 0.5) is 4.39 Å². The van der Waals surface area contributed by atoms with Gasteiger partial charge in [-0.15, -0.1) is 0 Å². The minimum absolute atomic E-state index is 0.101. The summed E-state index contributed by atoms with van der Waals surface area (Å²) in [5.41, 5.74) is -0.827. The summed E-state index contributed by atoms with van der Waals surface area (Å²) in [7, 11) is 0. The van der Waals surface area contributed by atoms with Crippen LogP contribution >= 0.6 is 0 Å². The zero-order valence-corrected chi connectivity index (χ0v) is 12.9. The standard InChI is InChI=1S/C16H19FN2O3/c1-11(2)16(3,10-18)19-14(20)9-22-15(21)8-12-6-4-5-7-13(12)17/h4-7,11H,8-9H2,1-3H3,(H,19,20)/t16-/m1/s1. The second-order valence-corrected chi connectivity index (χ2v) is 5.45. The molecule has 0 saturated heterocycles. The number of carbonyl (C=O) groups is 2. The highest BCUT2D eigenvalue weighted by Gasteiger charge is 2.30. The molecule has 0 aliphatic rings. The number of nitrogens with zero attached hydrogens (tertiary/aromatic N) is 1. The Labute approximate surface area is 129 Å². The third-order valence-corrected chi connectivity index (χ3v) is 3.44. The van der Waals surface area contributed by atoms with Crippen molar-refractivity contribution in [2.45, 2.75) is 32.7 Å². The molecule has 1 aromatic carbocycles. The van der Waals surface area contributed by atoms with Crippen LogP contribution in [0.25, 0.3) is 0 Å². The molecule has 0 aliphatic carbocycles. The van der Waals surface area contributed by atoms with Crippen LogP contribution in [0.1, 0.15) is 26.3 Å². The summed E-state index contributed by atoms with van der Waals surface area (Å²) in [5, 5.41) is 11.6. The summed E-state index contributed by atoms with van der Waals surface area (Å²) in [5.74, 6) is -1.88. The molecular weight excluding hydrogens is 287 g/mol. The van der Waals surface area contributed by atoms with Crippen LogP contribution in [0.5, 0.6) is 0 Å². The average molecular weight is 306 g/mol. The van der Waals surface area contributed by atoms with Gasteiger partial charge in [0.1, 0.15) is 11.4 Å². The molecule has 0 aromatic heterocycles. The molecule has 0 unspecified atom stereocenters. The number of benzene rings is 1. The first-order chi connectivity index (χ1) is 10.3. The third-order valence-electron chi connectivity index (χ3n) is 3.44. The number of carbonyl (C=O) groups excluding carboxylic acids is 2. The minimum atomic E-state index is -1.03. The fourth-order valence-corrected chi connectivity index (χ4v) is 1.62. The zero-order chi connectivity index (χ0) is 16.8. The van der Waals surface area contributed by atoms with Crippen LogP contribution in [-0.4, -0.2) is 24.0 Å². The predicted octanol–water partition coefficient (Wildman–Crippen LogP) is 1.97. The number of ether oxygens (including phenoxy) is 1. The summed E-state index contributed by atoms with van der Waals surface area (Å²) < 4.78 is 18.2. The van der Waals surface area contributed by atoms with E-state index in [9.17, 15) is 14.0 Å². The number of nitrogens with one attached hydrogen (secondary N) is 1. The van der Waals surface area contributed by atoms with Gasteiger partial charge in [0, 0.05) is 0 Å². The number of esters is 1. The number of hydrogen-bond acceptors (Lipinski definition) is 4. The van der Waals surface area contributed by atoms with Gasteiger partial charge in [0.25, 0.3) is 5.91 Å². The van der Waals surface area contributed by atoms with E-state index in [0.29, 0.717) is 0 Å². The number of nitriles is 1. The molecule has 0 heterocycles. The molecule has 0 aliphatic heterocycles. The molecule has 0 radical (unpaired) electrons. The van der Waals surface area contributed by atoms with E-state index >= 15 is 0 Å². The summed E-state index contributed by atoms with van der Waals surface area (Å²) in [6.45, 7) is 4.69. The van der Waals surface area contributed by atoms with Gasteiger partial charge in [0.2, 0.25) is 0 Å². The molecule has 0 saturated carbocycles. The normalized spacial score (nSPS) is 13.1. The van der Waals surface area contributed by atoms with Crippen molar-refractivity contribution in [3.63, 3.8) is 0 Å². The monoisotopic (exact) mass is 306 g/mol. The number of rotatable bonds is 6. The van der Waals surface area contributed by atoms with Gasteiger partial charge in [-0.2, -0.15) is 5.26 Å². The summed E-state index contributed by atoms with van der Waals surface area (Å²) in [4.78, 5) is 23.3. The van der Waals surface area contributed by atoms with Gasteiger partial charge in [-0.25, -0.2) is 4.39 Å². The zero-order valence-electron chi connectivity index (χ0n) is 12.9.